The average Bonchev–Trinajstić information content (AvgIpc) is 2.55. The smallest absolute Gasteiger partial charge is 0.303 e. The maximum atomic E-state index is 12.8. The van der Waals surface area contributed by atoms with E-state index in [0.29, 0.717) is 18.7 Å². The van der Waals surface area contributed by atoms with Crippen LogP contribution in [0.2, 0.25) is 0 Å². The van der Waals surface area contributed by atoms with Crippen LogP contribution < -0.4 is 4.31 Å². The molecule has 0 fully saturated rings. The number of carboxylic acid groups (broad SMARTS) is 1. The van der Waals surface area contributed by atoms with Gasteiger partial charge >= 0.3 is 5.97 Å². The summed E-state index contributed by atoms with van der Waals surface area (Å²) < 4.78 is 26.9. The summed E-state index contributed by atoms with van der Waals surface area (Å²) in [5.41, 5.74) is 1.42. The van der Waals surface area contributed by atoms with Gasteiger partial charge < -0.3 is 5.11 Å². The number of aryl methyl sites for hydroxylation is 1. The van der Waals surface area contributed by atoms with Crippen molar-refractivity contribution in [1.29, 1.82) is 0 Å². The number of sulfonamides is 1. The molecule has 0 aliphatic heterocycles. The van der Waals surface area contributed by atoms with Crippen molar-refractivity contribution in [3.05, 3.63) is 60.2 Å². The van der Waals surface area contributed by atoms with E-state index in [4.69, 9.17) is 5.11 Å². The van der Waals surface area contributed by atoms with E-state index in [1.165, 1.54) is 16.4 Å². The average molecular weight is 333 g/mol. The lowest BCUT2D eigenvalue weighted by Crippen LogP contribution is -2.30. The first kappa shape index (κ1) is 17.0. The number of para-hydroxylation sites is 1. The molecule has 2 rings (SSSR count). The van der Waals surface area contributed by atoms with Crippen molar-refractivity contribution in [2.24, 2.45) is 0 Å². The second-order valence-electron chi connectivity index (χ2n) is 5.04. The first-order valence-electron chi connectivity index (χ1n) is 7.33. The van der Waals surface area contributed by atoms with Gasteiger partial charge in [0.05, 0.1) is 10.6 Å². The van der Waals surface area contributed by atoms with Gasteiger partial charge in [0.2, 0.25) is 0 Å². The van der Waals surface area contributed by atoms with Crippen molar-refractivity contribution in [2.45, 2.75) is 24.7 Å². The molecule has 0 saturated carbocycles. The molecule has 0 amide bonds. The summed E-state index contributed by atoms with van der Waals surface area (Å²) in [6, 6.07) is 15.3. The zero-order valence-corrected chi connectivity index (χ0v) is 13.7. The lowest BCUT2D eigenvalue weighted by molar-refractivity contribution is -0.136. The van der Waals surface area contributed by atoms with E-state index >= 15 is 0 Å². The number of hydrogen-bond donors (Lipinski definition) is 1. The van der Waals surface area contributed by atoms with E-state index in [1.54, 1.807) is 43.3 Å². The minimum atomic E-state index is -3.64. The van der Waals surface area contributed by atoms with Gasteiger partial charge in [0.25, 0.3) is 10.0 Å². The second-order valence-corrected chi connectivity index (χ2v) is 6.91. The fourth-order valence-electron chi connectivity index (χ4n) is 2.29. The zero-order chi connectivity index (χ0) is 16.9. The third-order valence-corrected chi connectivity index (χ3v) is 5.39. The molecule has 5 nitrogen and oxygen atoms in total. The summed E-state index contributed by atoms with van der Waals surface area (Å²) in [5.74, 6) is -0.872. The van der Waals surface area contributed by atoms with Crippen LogP contribution in [0.25, 0.3) is 0 Å². The molecule has 0 aromatic heterocycles. The highest BCUT2D eigenvalue weighted by atomic mass is 32.2. The standard InChI is InChI=1S/C17H19NO4S/c1-2-18(15-6-4-3-5-7-15)23(21,22)16-11-8-14(9-12-16)10-13-17(19)20/h3-9,11-12H,2,10,13H2,1H3,(H,19,20). The van der Waals surface area contributed by atoms with Crippen molar-refractivity contribution < 1.29 is 18.3 Å². The van der Waals surface area contributed by atoms with Gasteiger partial charge in [-0.1, -0.05) is 30.3 Å². The minimum Gasteiger partial charge on any atom is -0.481 e. The minimum absolute atomic E-state index is 0.0250. The van der Waals surface area contributed by atoms with Crippen molar-refractivity contribution in [1.82, 2.24) is 0 Å². The van der Waals surface area contributed by atoms with Crippen LogP contribution in [0.1, 0.15) is 18.9 Å². The molecule has 2 aromatic rings. The number of nitrogens with zero attached hydrogens (tertiary/aromatic N) is 1. The van der Waals surface area contributed by atoms with Gasteiger partial charge in [-0.3, -0.25) is 9.10 Å². The molecule has 0 aliphatic rings. The second kappa shape index (κ2) is 7.28. The Balaban J connectivity index is 2.26. The van der Waals surface area contributed by atoms with E-state index in [9.17, 15) is 13.2 Å². The molecule has 23 heavy (non-hydrogen) atoms. The Labute approximate surface area is 136 Å². The molecule has 0 aliphatic carbocycles. The highest BCUT2D eigenvalue weighted by molar-refractivity contribution is 7.92. The Morgan fingerprint density at radius 1 is 1.04 bits per heavy atom. The quantitative estimate of drug-likeness (QED) is 0.845. The predicted molar refractivity (Wildman–Crippen MR) is 89.0 cm³/mol. The number of aliphatic carboxylic acids is 1. The van der Waals surface area contributed by atoms with E-state index in [1.807, 2.05) is 6.07 Å². The van der Waals surface area contributed by atoms with Crippen LogP contribution in [0.5, 0.6) is 0 Å². The number of rotatable bonds is 7. The number of anilines is 1. The summed E-state index contributed by atoms with van der Waals surface area (Å²) in [5, 5.41) is 8.69. The van der Waals surface area contributed by atoms with E-state index in [2.05, 4.69) is 0 Å². The van der Waals surface area contributed by atoms with Crippen molar-refractivity contribution in [2.75, 3.05) is 10.8 Å². The number of carboxylic acids is 1. The number of hydrogen-bond acceptors (Lipinski definition) is 3. The normalized spacial score (nSPS) is 11.2. The van der Waals surface area contributed by atoms with Crippen molar-refractivity contribution >= 4 is 21.7 Å². The lowest BCUT2D eigenvalue weighted by Gasteiger charge is -2.23. The SMILES string of the molecule is CCN(c1ccccc1)S(=O)(=O)c1ccc(CCC(=O)O)cc1. The molecule has 0 spiro atoms. The fraction of sp³-hybridized carbons (Fsp3) is 0.235. The summed E-state index contributed by atoms with van der Waals surface area (Å²) in [6.45, 7) is 2.11. The topological polar surface area (TPSA) is 74.7 Å². The molecule has 122 valence electrons. The van der Waals surface area contributed by atoms with Crippen LogP contribution in [-0.2, 0) is 21.2 Å². The molecule has 2 aromatic carbocycles. The Morgan fingerprint density at radius 3 is 2.17 bits per heavy atom. The van der Waals surface area contributed by atoms with Gasteiger partial charge in [0, 0.05) is 13.0 Å². The highest BCUT2D eigenvalue weighted by Gasteiger charge is 2.23. The third kappa shape index (κ3) is 4.10. The molecule has 1 N–H and O–H groups in total. The van der Waals surface area contributed by atoms with Crippen LogP contribution in [0, 0.1) is 0 Å². The summed E-state index contributed by atoms with van der Waals surface area (Å²) in [4.78, 5) is 10.8. The molecular weight excluding hydrogens is 314 g/mol. The van der Waals surface area contributed by atoms with Gasteiger partial charge in [0.1, 0.15) is 0 Å². The maximum Gasteiger partial charge on any atom is 0.303 e. The Bertz CT molecular complexity index is 755. The van der Waals surface area contributed by atoms with E-state index in [-0.39, 0.29) is 11.3 Å². The first-order valence-corrected chi connectivity index (χ1v) is 8.77. The lowest BCUT2D eigenvalue weighted by atomic mass is 10.1. The van der Waals surface area contributed by atoms with Gasteiger partial charge in [-0.2, -0.15) is 0 Å². The maximum absolute atomic E-state index is 12.8. The third-order valence-electron chi connectivity index (χ3n) is 3.47. The molecule has 0 saturated heterocycles. The Hall–Kier alpha value is -2.34. The van der Waals surface area contributed by atoms with Crippen LogP contribution in [-0.4, -0.2) is 26.0 Å². The summed E-state index contributed by atoms with van der Waals surface area (Å²) >= 11 is 0. The van der Waals surface area contributed by atoms with Gasteiger partial charge in [-0.25, -0.2) is 8.42 Å². The first-order chi connectivity index (χ1) is 10.9. The van der Waals surface area contributed by atoms with Crippen LogP contribution in [0.15, 0.2) is 59.5 Å². The number of carbonyl (C=O) groups is 1. The van der Waals surface area contributed by atoms with E-state index in [0.717, 1.165) is 5.56 Å². The fourth-order valence-corrected chi connectivity index (χ4v) is 3.77. The van der Waals surface area contributed by atoms with Gasteiger partial charge in [-0.05, 0) is 43.2 Å². The molecule has 0 unspecified atom stereocenters. The van der Waals surface area contributed by atoms with Gasteiger partial charge in [-0.15, -0.1) is 0 Å². The largest absolute Gasteiger partial charge is 0.481 e. The van der Waals surface area contributed by atoms with E-state index < -0.39 is 16.0 Å². The number of benzene rings is 2. The molecule has 6 heteroatoms. The molecule has 0 heterocycles. The van der Waals surface area contributed by atoms with Crippen LogP contribution >= 0.6 is 0 Å². The zero-order valence-electron chi connectivity index (χ0n) is 12.8. The summed E-state index contributed by atoms with van der Waals surface area (Å²) in [7, 11) is -3.64. The summed E-state index contributed by atoms with van der Waals surface area (Å²) in [6.07, 6.45) is 0.406. The Morgan fingerprint density at radius 2 is 1.65 bits per heavy atom. The molecule has 0 radical (unpaired) electrons. The molecule has 0 bridgehead atoms. The van der Waals surface area contributed by atoms with Gasteiger partial charge in [0.15, 0.2) is 0 Å². The monoisotopic (exact) mass is 333 g/mol. The molecular formula is C17H19NO4S. The van der Waals surface area contributed by atoms with Crippen LogP contribution in [0.3, 0.4) is 0 Å². The highest BCUT2D eigenvalue weighted by Crippen LogP contribution is 2.23. The Kier molecular flexibility index (Phi) is 5.39. The van der Waals surface area contributed by atoms with Crippen molar-refractivity contribution in [3.63, 3.8) is 0 Å². The van der Waals surface area contributed by atoms with Crippen LogP contribution in [0.4, 0.5) is 5.69 Å². The van der Waals surface area contributed by atoms with Crippen molar-refractivity contribution in [3.8, 4) is 0 Å². The predicted octanol–water partition coefficient (Wildman–Crippen LogP) is 2.92. The molecule has 0 atom stereocenters.